The first-order valence-corrected chi connectivity index (χ1v) is 10.7. The van der Waals surface area contributed by atoms with Gasteiger partial charge in [-0.3, -0.25) is 9.59 Å². The maximum absolute atomic E-state index is 13.0. The molecular formula is C22H25NO5S. The molecule has 2 heterocycles. The minimum absolute atomic E-state index is 0.0124. The monoisotopic (exact) mass is 415 g/mol. The summed E-state index contributed by atoms with van der Waals surface area (Å²) in [7, 11) is 1.35. The summed E-state index contributed by atoms with van der Waals surface area (Å²) in [5.74, 6) is -0.146. The molecule has 29 heavy (non-hydrogen) atoms. The van der Waals surface area contributed by atoms with Crippen LogP contribution in [0.15, 0.2) is 4.42 Å². The van der Waals surface area contributed by atoms with Crippen LogP contribution in [-0.2, 0) is 24.0 Å². The summed E-state index contributed by atoms with van der Waals surface area (Å²) in [6.07, 6.45) is 4.85. The zero-order chi connectivity index (χ0) is 20.9. The second kappa shape index (κ2) is 7.13. The Labute approximate surface area is 173 Å². The van der Waals surface area contributed by atoms with Crippen molar-refractivity contribution in [2.45, 2.75) is 59.3 Å². The third-order valence-electron chi connectivity index (χ3n) is 5.77. The summed E-state index contributed by atoms with van der Waals surface area (Å²) in [6.45, 7) is 5.78. The lowest BCUT2D eigenvalue weighted by Crippen LogP contribution is -2.26. The summed E-state index contributed by atoms with van der Waals surface area (Å²) >= 11 is 1.43. The van der Waals surface area contributed by atoms with E-state index in [-0.39, 0.29) is 17.0 Å². The van der Waals surface area contributed by atoms with E-state index in [0.29, 0.717) is 40.3 Å². The number of aryl methyl sites for hydroxylation is 1. The number of Topliss-reactive ketones (excluding diaryl/α,β-unsaturated/α-hetero) is 1. The van der Waals surface area contributed by atoms with Gasteiger partial charge < -0.3 is 14.5 Å². The SMILES string of the molecule is COC(=O)c1c(NC(=O)c2oc3c(c2C)C(=O)CC(C)(C)C3)sc2c1CCCC2. The summed E-state index contributed by atoms with van der Waals surface area (Å²) in [5.41, 5.74) is 2.35. The molecule has 0 atom stereocenters. The molecule has 0 bridgehead atoms. The van der Waals surface area contributed by atoms with Gasteiger partial charge in [0.1, 0.15) is 10.8 Å². The van der Waals surface area contributed by atoms with Crippen LogP contribution in [0.2, 0.25) is 0 Å². The van der Waals surface area contributed by atoms with Crippen LogP contribution in [0.3, 0.4) is 0 Å². The van der Waals surface area contributed by atoms with Gasteiger partial charge in [0.15, 0.2) is 11.5 Å². The normalized spacial score (nSPS) is 17.4. The Morgan fingerprint density at radius 1 is 1.17 bits per heavy atom. The van der Waals surface area contributed by atoms with Gasteiger partial charge in [-0.05, 0) is 43.6 Å². The van der Waals surface area contributed by atoms with Crippen LogP contribution in [0.1, 0.15) is 86.1 Å². The van der Waals surface area contributed by atoms with Crippen molar-refractivity contribution in [3.63, 3.8) is 0 Å². The van der Waals surface area contributed by atoms with Gasteiger partial charge in [-0.2, -0.15) is 0 Å². The Morgan fingerprint density at radius 3 is 2.62 bits per heavy atom. The molecule has 6 nitrogen and oxygen atoms in total. The number of ether oxygens (including phenoxy) is 1. The molecule has 2 aromatic heterocycles. The summed E-state index contributed by atoms with van der Waals surface area (Å²) < 4.78 is 10.8. The minimum atomic E-state index is -0.439. The lowest BCUT2D eigenvalue weighted by Gasteiger charge is -2.27. The number of anilines is 1. The molecule has 7 heteroatoms. The smallest absolute Gasteiger partial charge is 0.341 e. The molecule has 0 fully saturated rings. The van der Waals surface area contributed by atoms with Crippen molar-refractivity contribution < 1.29 is 23.5 Å². The van der Waals surface area contributed by atoms with Crippen LogP contribution in [0, 0.1) is 12.3 Å². The van der Waals surface area contributed by atoms with Crippen LogP contribution >= 0.6 is 11.3 Å². The molecule has 0 saturated carbocycles. The van der Waals surface area contributed by atoms with E-state index in [9.17, 15) is 14.4 Å². The number of hydrogen-bond acceptors (Lipinski definition) is 6. The summed E-state index contributed by atoms with van der Waals surface area (Å²) in [5, 5.41) is 3.35. The Bertz CT molecular complexity index is 1030. The van der Waals surface area contributed by atoms with Crippen molar-refractivity contribution in [2.75, 3.05) is 12.4 Å². The lowest BCUT2D eigenvalue weighted by atomic mass is 9.76. The molecule has 1 N–H and O–H groups in total. The van der Waals surface area contributed by atoms with Crippen molar-refractivity contribution in [3.05, 3.63) is 38.7 Å². The largest absolute Gasteiger partial charge is 0.465 e. The summed E-state index contributed by atoms with van der Waals surface area (Å²) in [4.78, 5) is 39.1. The quantitative estimate of drug-likeness (QED) is 0.733. The molecule has 2 aliphatic carbocycles. The first kappa shape index (κ1) is 19.9. The van der Waals surface area contributed by atoms with E-state index >= 15 is 0 Å². The number of rotatable bonds is 3. The number of methoxy groups -OCH3 is 1. The fraction of sp³-hybridized carbons (Fsp3) is 0.500. The fourth-order valence-corrected chi connectivity index (χ4v) is 5.70. The van der Waals surface area contributed by atoms with Gasteiger partial charge in [-0.1, -0.05) is 13.8 Å². The maximum atomic E-state index is 13.0. The molecule has 0 aliphatic heterocycles. The van der Waals surface area contributed by atoms with Crippen LogP contribution in [0.25, 0.3) is 0 Å². The second-order valence-electron chi connectivity index (χ2n) is 8.66. The average Bonchev–Trinajstić information content (AvgIpc) is 3.17. The number of hydrogen-bond donors (Lipinski definition) is 1. The van der Waals surface area contributed by atoms with Crippen LogP contribution in [0.5, 0.6) is 0 Å². The standard InChI is InChI=1S/C22H25NO5S/c1-11-16-13(24)9-22(2,3)10-14(16)28-18(11)19(25)23-20-17(21(26)27-4)12-7-5-6-8-15(12)29-20/h5-10H2,1-4H3,(H,23,25). The number of ketones is 1. The zero-order valence-corrected chi connectivity index (χ0v) is 18.0. The molecule has 2 aliphatic rings. The number of carbonyl (C=O) groups is 3. The third-order valence-corrected chi connectivity index (χ3v) is 6.98. The van der Waals surface area contributed by atoms with Gasteiger partial charge in [0, 0.05) is 23.3 Å². The Hall–Kier alpha value is -2.41. The lowest BCUT2D eigenvalue weighted by molar-refractivity contribution is 0.0600. The fourth-order valence-electron chi connectivity index (χ4n) is 4.43. The molecule has 0 radical (unpaired) electrons. The van der Waals surface area contributed by atoms with Crippen LogP contribution in [0.4, 0.5) is 5.00 Å². The van der Waals surface area contributed by atoms with Crippen molar-refractivity contribution >= 4 is 34.0 Å². The molecule has 0 aromatic carbocycles. The highest BCUT2D eigenvalue weighted by Crippen LogP contribution is 2.41. The third kappa shape index (κ3) is 3.41. The molecule has 0 spiro atoms. The van der Waals surface area contributed by atoms with E-state index in [1.54, 1.807) is 6.92 Å². The molecule has 4 rings (SSSR count). The van der Waals surface area contributed by atoms with Gasteiger partial charge in [0.05, 0.1) is 18.2 Å². The number of esters is 1. The highest BCUT2D eigenvalue weighted by molar-refractivity contribution is 7.17. The van der Waals surface area contributed by atoms with E-state index in [1.165, 1.54) is 18.4 Å². The number of thiophene rings is 1. The predicted molar refractivity (Wildman–Crippen MR) is 110 cm³/mol. The topological polar surface area (TPSA) is 85.6 Å². The van der Waals surface area contributed by atoms with Crippen molar-refractivity contribution in [3.8, 4) is 0 Å². The highest BCUT2D eigenvalue weighted by atomic mass is 32.1. The number of nitrogens with one attached hydrogen (secondary N) is 1. The average molecular weight is 416 g/mol. The number of fused-ring (bicyclic) bond motifs is 2. The first-order chi connectivity index (χ1) is 13.7. The van der Waals surface area contributed by atoms with E-state index in [1.807, 2.05) is 13.8 Å². The molecule has 154 valence electrons. The summed E-state index contributed by atoms with van der Waals surface area (Å²) in [6, 6.07) is 0. The first-order valence-electron chi connectivity index (χ1n) is 9.91. The van der Waals surface area contributed by atoms with Gasteiger partial charge in [0.2, 0.25) is 0 Å². The Kier molecular flexibility index (Phi) is 4.89. The zero-order valence-electron chi connectivity index (χ0n) is 17.2. The number of furan rings is 1. The van der Waals surface area contributed by atoms with Gasteiger partial charge in [-0.25, -0.2) is 4.79 Å². The molecule has 1 amide bonds. The molecule has 0 saturated heterocycles. The van der Waals surface area contributed by atoms with E-state index in [4.69, 9.17) is 9.15 Å². The molecule has 2 aromatic rings. The predicted octanol–water partition coefficient (Wildman–Crippen LogP) is 4.72. The Morgan fingerprint density at radius 2 is 1.90 bits per heavy atom. The minimum Gasteiger partial charge on any atom is -0.465 e. The van der Waals surface area contributed by atoms with E-state index in [0.717, 1.165) is 36.1 Å². The van der Waals surface area contributed by atoms with Crippen molar-refractivity contribution in [1.82, 2.24) is 0 Å². The van der Waals surface area contributed by atoms with Crippen molar-refractivity contribution in [1.29, 1.82) is 0 Å². The molecular weight excluding hydrogens is 390 g/mol. The van der Waals surface area contributed by atoms with Crippen molar-refractivity contribution in [2.24, 2.45) is 5.41 Å². The van der Waals surface area contributed by atoms with Gasteiger partial charge in [0.25, 0.3) is 5.91 Å². The van der Waals surface area contributed by atoms with Crippen LogP contribution in [-0.4, -0.2) is 24.8 Å². The second-order valence-corrected chi connectivity index (χ2v) is 9.76. The van der Waals surface area contributed by atoms with Gasteiger partial charge >= 0.3 is 5.97 Å². The maximum Gasteiger partial charge on any atom is 0.341 e. The van der Waals surface area contributed by atoms with E-state index in [2.05, 4.69) is 5.32 Å². The molecule has 0 unspecified atom stereocenters. The Balaban J connectivity index is 1.69. The highest BCUT2D eigenvalue weighted by Gasteiger charge is 2.37. The number of carbonyl (C=O) groups excluding carboxylic acids is 3. The van der Waals surface area contributed by atoms with E-state index < -0.39 is 11.9 Å². The van der Waals surface area contributed by atoms with Crippen LogP contribution < -0.4 is 5.32 Å². The van der Waals surface area contributed by atoms with Gasteiger partial charge in [-0.15, -0.1) is 11.3 Å². The number of amides is 1.